The number of nitrogens with one attached hydrogen (secondary N) is 2. The molecule has 0 aliphatic heterocycles. The van der Waals surface area contributed by atoms with Gasteiger partial charge in [0.15, 0.2) is 6.61 Å². The Morgan fingerprint density at radius 2 is 1.81 bits per heavy atom. The van der Waals surface area contributed by atoms with Crippen LogP contribution in [0.5, 0.6) is 5.75 Å². The second-order valence-corrected chi connectivity index (χ2v) is 7.23. The van der Waals surface area contributed by atoms with Gasteiger partial charge >= 0.3 is 6.03 Å². The van der Waals surface area contributed by atoms with E-state index in [1.807, 2.05) is 38.3 Å². The molecule has 1 unspecified atom stereocenters. The summed E-state index contributed by atoms with van der Waals surface area (Å²) in [6.07, 6.45) is 0. The van der Waals surface area contributed by atoms with Gasteiger partial charge in [0.25, 0.3) is 5.91 Å². The van der Waals surface area contributed by atoms with Crippen molar-refractivity contribution in [1.82, 2.24) is 10.6 Å². The minimum Gasteiger partial charge on any atom is -0.484 e. The standard InChI is InChI=1S/C19H25N3O3S/c1-13(2)20-19(24)22(4)15-7-9-16(10-8-15)25-12-18(23)21-14(3)17-6-5-11-26-17/h5-11,13-14H,12H2,1-4H3,(H,20,24)(H,21,23). The molecule has 0 aliphatic rings. The highest BCUT2D eigenvalue weighted by molar-refractivity contribution is 7.10. The fourth-order valence-electron chi connectivity index (χ4n) is 2.27. The number of carbonyl (C=O) groups excluding carboxylic acids is 2. The van der Waals surface area contributed by atoms with Crippen molar-refractivity contribution in [2.45, 2.75) is 32.9 Å². The van der Waals surface area contributed by atoms with Crippen molar-refractivity contribution in [3.63, 3.8) is 0 Å². The van der Waals surface area contributed by atoms with Gasteiger partial charge in [0, 0.05) is 23.7 Å². The highest BCUT2D eigenvalue weighted by Gasteiger charge is 2.13. The Hall–Kier alpha value is -2.54. The zero-order chi connectivity index (χ0) is 19.1. The summed E-state index contributed by atoms with van der Waals surface area (Å²) in [6, 6.07) is 10.8. The molecule has 0 radical (unpaired) electrons. The predicted molar refractivity (Wildman–Crippen MR) is 105 cm³/mol. The van der Waals surface area contributed by atoms with Gasteiger partial charge in [-0.1, -0.05) is 6.07 Å². The highest BCUT2D eigenvalue weighted by Crippen LogP contribution is 2.20. The van der Waals surface area contributed by atoms with Crippen LogP contribution < -0.4 is 20.3 Å². The van der Waals surface area contributed by atoms with E-state index in [1.54, 1.807) is 42.6 Å². The van der Waals surface area contributed by atoms with Gasteiger partial charge in [0.2, 0.25) is 0 Å². The number of amides is 3. The molecular formula is C19H25N3O3S. The maximum Gasteiger partial charge on any atom is 0.321 e. The van der Waals surface area contributed by atoms with E-state index in [9.17, 15) is 9.59 Å². The number of hydrogen-bond acceptors (Lipinski definition) is 4. The lowest BCUT2D eigenvalue weighted by molar-refractivity contribution is -0.123. The van der Waals surface area contributed by atoms with E-state index < -0.39 is 0 Å². The van der Waals surface area contributed by atoms with E-state index in [1.165, 1.54) is 4.90 Å². The van der Waals surface area contributed by atoms with Crippen LogP contribution in [0.25, 0.3) is 0 Å². The molecule has 0 bridgehead atoms. The van der Waals surface area contributed by atoms with Crippen LogP contribution in [0.3, 0.4) is 0 Å². The highest BCUT2D eigenvalue weighted by atomic mass is 32.1. The average Bonchev–Trinajstić information content (AvgIpc) is 3.14. The Morgan fingerprint density at radius 3 is 2.38 bits per heavy atom. The van der Waals surface area contributed by atoms with Gasteiger partial charge in [-0.05, 0) is 56.5 Å². The summed E-state index contributed by atoms with van der Waals surface area (Å²) in [6.45, 7) is 5.70. The van der Waals surface area contributed by atoms with Crippen LogP contribution in [0.1, 0.15) is 31.7 Å². The van der Waals surface area contributed by atoms with Crippen molar-refractivity contribution in [3.05, 3.63) is 46.7 Å². The second kappa shape index (κ2) is 9.24. The third kappa shape index (κ3) is 5.77. The van der Waals surface area contributed by atoms with E-state index in [2.05, 4.69) is 10.6 Å². The van der Waals surface area contributed by atoms with Crippen LogP contribution in [0.2, 0.25) is 0 Å². The number of nitrogens with zero attached hydrogens (tertiary/aromatic N) is 1. The van der Waals surface area contributed by atoms with Crippen molar-refractivity contribution in [1.29, 1.82) is 0 Å². The van der Waals surface area contributed by atoms with Crippen LogP contribution in [-0.4, -0.2) is 31.6 Å². The van der Waals surface area contributed by atoms with Gasteiger partial charge in [-0.2, -0.15) is 0 Å². The quantitative estimate of drug-likeness (QED) is 0.777. The zero-order valence-corrected chi connectivity index (χ0v) is 16.3. The summed E-state index contributed by atoms with van der Waals surface area (Å²) < 4.78 is 5.52. The molecule has 26 heavy (non-hydrogen) atoms. The van der Waals surface area contributed by atoms with Crippen molar-refractivity contribution in [3.8, 4) is 5.75 Å². The van der Waals surface area contributed by atoms with Gasteiger partial charge in [-0.3, -0.25) is 9.69 Å². The topological polar surface area (TPSA) is 70.7 Å². The summed E-state index contributed by atoms with van der Waals surface area (Å²) in [5.41, 5.74) is 0.742. The molecule has 0 spiro atoms. The van der Waals surface area contributed by atoms with Crippen molar-refractivity contribution in [2.75, 3.05) is 18.6 Å². The molecular weight excluding hydrogens is 350 g/mol. The fourth-order valence-corrected chi connectivity index (χ4v) is 3.00. The molecule has 2 aromatic rings. The number of carbonyl (C=O) groups is 2. The normalized spacial score (nSPS) is 11.7. The number of hydrogen-bond donors (Lipinski definition) is 2. The number of anilines is 1. The van der Waals surface area contributed by atoms with Gasteiger partial charge in [-0.15, -0.1) is 11.3 Å². The van der Waals surface area contributed by atoms with Crippen LogP contribution in [0.15, 0.2) is 41.8 Å². The second-order valence-electron chi connectivity index (χ2n) is 6.25. The monoisotopic (exact) mass is 375 g/mol. The molecule has 0 saturated heterocycles. The first-order valence-corrected chi connectivity index (χ1v) is 9.34. The summed E-state index contributed by atoms with van der Waals surface area (Å²) >= 11 is 1.60. The Labute approximate surface area is 158 Å². The summed E-state index contributed by atoms with van der Waals surface area (Å²) in [7, 11) is 1.70. The van der Waals surface area contributed by atoms with E-state index in [0.717, 1.165) is 10.6 Å². The van der Waals surface area contributed by atoms with Crippen LogP contribution in [0, 0.1) is 0 Å². The lowest BCUT2D eigenvalue weighted by Gasteiger charge is -2.20. The molecule has 6 nitrogen and oxygen atoms in total. The average molecular weight is 375 g/mol. The van der Waals surface area contributed by atoms with Crippen LogP contribution in [-0.2, 0) is 4.79 Å². The van der Waals surface area contributed by atoms with E-state index >= 15 is 0 Å². The maximum atomic E-state index is 12.0. The SMILES string of the molecule is CC(C)NC(=O)N(C)c1ccc(OCC(=O)NC(C)c2cccs2)cc1. The predicted octanol–water partition coefficient (Wildman–Crippen LogP) is 3.56. The Balaban J connectivity index is 1.83. The number of rotatable bonds is 7. The molecule has 2 rings (SSSR count). The first kappa shape index (κ1) is 19.8. The van der Waals surface area contributed by atoms with E-state index in [4.69, 9.17) is 4.74 Å². The molecule has 0 fully saturated rings. The lowest BCUT2D eigenvalue weighted by atomic mass is 10.2. The van der Waals surface area contributed by atoms with Crippen LogP contribution >= 0.6 is 11.3 Å². The van der Waals surface area contributed by atoms with Crippen molar-refractivity contribution < 1.29 is 14.3 Å². The maximum absolute atomic E-state index is 12.0. The summed E-state index contributed by atoms with van der Waals surface area (Å²) in [4.78, 5) is 26.6. The molecule has 0 saturated carbocycles. The Morgan fingerprint density at radius 1 is 1.12 bits per heavy atom. The van der Waals surface area contributed by atoms with Gasteiger partial charge < -0.3 is 15.4 Å². The third-order valence-corrected chi connectivity index (χ3v) is 4.71. The Kier molecular flexibility index (Phi) is 7.03. The Bertz CT molecular complexity index is 714. The number of urea groups is 1. The molecule has 0 aliphatic carbocycles. The van der Waals surface area contributed by atoms with Crippen molar-refractivity contribution >= 4 is 29.0 Å². The number of ether oxygens (including phenoxy) is 1. The minimum atomic E-state index is -0.177. The first-order valence-electron chi connectivity index (χ1n) is 8.46. The molecule has 7 heteroatoms. The molecule has 1 atom stereocenters. The number of benzene rings is 1. The van der Waals surface area contributed by atoms with E-state index in [-0.39, 0.29) is 30.6 Å². The van der Waals surface area contributed by atoms with Gasteiger partial charge in [0.05, 0.1) is 6.04 Å². The third-order valence-electron chi connectivity index (χ3n) is 3.66. The van der Waals surface area contributed by atoms with Crippen molar-refractivity contribution in [2.24, 2.45) is 0 Å². The largest absolute Gasteiger partial charge is 0.484 e. The van der Waals surface area contributed by atoms with E-state index in [0.29, 0.717) is 5.75 Å². The molecule has 140 valence electrons. The van der Waals surface area contributed by atoms with Gasteiger partial charge in [-0.25, -0.2) is 4.79 Å². The summed E-state index contributed by atoms with van der Waals surface area (Å²) in [5, 5.41) is 7.71. The number of thiophene rings is 1. The molecule has 1 aromatic carbocycles. The fraction of sp³-hybridized carbons (Fsp3) is 0.368. The smallest absolute Gasteiger partial charge is 0.321 e. The molecule has 1 aromatic heterocycles. The summed E-state index contributed by atoms with van der Waals surface area (Å²) in [5.74, 6) is 0.397. The molecule has 2 N–H and O–H groups in total. The zero-order valence-electron chi connectivity index (χ0n) is 15.5. The first-order chi connectivity index (χ1) is 12.4. The minimum absolute atomic E-state index is 0.0402. The van der Waals surface area contributed by atoms with Gasteiger partial charge in [0.1, 0.15) is 5.75 Å². The lowest BCUT2D eigenvalue weighted by Crippen LogP contribution is -2.40. The molecule has 1 heterocycles. The molecule has 3 amide bonds. The van der Waals surface area contributed by atoms with Crippen LogP contribution in [0.4, 0.5) is 10.5 Å².